The lowest BCUT2D eigenvalue weighted by atomic mass is 10.00. The maximum absolute atomic E-state index is 5.02. The van der Waals surface area contributed by atoms with E-state index in [1.165, 1.54) is 17.5 Å². The summed E-state index contributed by atoms with van der Waals surface area (Å²) in [7, 11) is 3.50. The van der Waals surface area contributed by atoms with Crippen molar-refractivity contribution >= 4 is 5.96 Å². The summed E-state index contributed by atoms with van der Waals surface area (Å²) in [5.41, 5.74) is 3.00. The normalized spacial score (nSPS) is 15.5. The Labute approximate surface area is 133 Å². The predicted octanol–water partition coefficient (Wildman–Crippen LogP) is 1.25. The average molecular weight is 304 g/mol. The number of hydrogen-bond acceptors (Lipinski definition) is 3. The second kappa shape index (κ2) is 9.43. The highest BCUT2D eigenvalue weighted by Crippen LogP contribution is 2.18. The van der Waals surface area contributed by atoms with Gasteiger partial charge in [-0.05, 0) is 24.0 Å². The zero-order chi connectivity index (χ0) is 15.6. The van der Waals surface area contributed by atoms with Crippen LogP contribution in [0.25, 0.3) is 0 Å². The first-order valence-electron chi connectivity index (χ1n) is 8.06. The number of fused-ring (bicyclic) bond motifs is 1. The van der Waals surface area contributed by atoms with Crippen molar-refractivity contribution in [1.29, 1.82) is 0 Å². The second-order valence-corrected chi connectivity index (χ2v) is 5.57. The van der Waals surface area contributed by atoms with Crippen molar-refractivity contribution in [2.75, 3.05) is 46.9 Å². The number of methoxy groups -OCH3 is 1. The van der Waals surface area contributed by atoms with Gasteiger partial charge in [0.05, 0.1) is 6.61 Å². The number of nitrogens with zero attached hydrogens (tertiary/aromatic N) is 2. The second-order valence-electron chi connectivity index (χ2n) is 5.57. The standard InChI is InChI=1S/C17H28N4O/c1-18-17(20-10-13-22-2)19-9-5-11-21-12-8-15-6-3-4-7-16(15)14-21/h3-4,6-7H,5,8-14H2,1-2H3,(H2,18,19,20). The zero-order valence-corrected chi connectivity index (χ0v) is 13.8. The molecule has 0 amide bonds. The number of aliphatic imine (C=N–C) groups is 1. The molecule has 5 heteroatoms. The summed E-state index contributed by atoms with van der Waals surface area (Å²) in [4.78, 5) is 6.73. The Balaban J connectivity index is 1.63. The largest absolute Gasteiger partial charge is 0.383 e. The molecule has 0 saturated heterocycles. The van der Waals surface area contributed by atoms with E-state index in [-0.39, 0.29) is 0 Å². The summed E-state index contributed by atoms with van der Waals surface area (Å²) in [6, 6.07) is 8.78. The molecule has 0 fully saturated rings. The van der Waals surface area contributed by atoms with Crippen LogP contribution >= 0.6 is 0 Å². The summed E-state index contributed by atoms with van der Waals surface area (Å²) in [6.07, 6.45) is 2.29. The molecule has 1 aliphatic heterocycles. The molecule has 0 saturated carbocycles. The molecule has 0 spiro atoms. The van der Waals surface area contributed by atoms with Crippen molar-refractivity contribution in [3.05, 3.63) is 35.4 Å². The fraction of sp³-hybridized carbons (Fsp3) is 0.588. The molecular weight excluding hydrogens is 276 g/mol. The third-order valence-electron chi connectivity index (χ3n) is 3.98. The molecule has 1 aromatic carbocycles. The molecule has 1 heterocycles. The van der Waals surface area contributed by atoms with Crippen LogP contribution in [0.4, 0.5) is 0 Å². The van der Waals surface area contributed by atoms with Crippen molar-refractivity contribution in [2.24, 2.45) is 4.99 Å². The van der Waals surface area contributed by atoms with Gasteiger partial charge in [0.15, 0.2) is 5.96 Å². The molecule has 0 atom stereocenters. The van der Waals surface area contributed by atoms with Crippen LogP contribution in [0.5, 0.6) is 0 Å². The molecule has 0 unspecified atom stereocenters. The van der Waals surface area contributed by atoms with E-state index in [0.717, 1.165) is 45.1 Å². The van der Waals surface area contributed by atoms with Gasteiger partial charge in [0.2, 0.25) is 0 Å². The molecule has 5 nitrogen and oxygen atoms in total. The Hall–Kier alpha value is -1.59. The van der Waals surface area contributed by atoms with Crippen LogP contribution in [0.1, 0.15) is 17.5 Å². The maximum Gasteiger partial charge on any atom is 0.191 e. The van der Waals surface area contributed by atoms with Crippen LogP contribution in [-0.2, 0) is 17.7 Å². The predicted molar refractivity (Wildman–Crippen MR) is 91.3 cm³/mol. The van der Waals surface area contributed by atoms with Gasteiger partial charge in [0, 0.05) is 46.9 Å². The summed E-state index contributed by atoms with van der Waals surface area (Å²) in [5, 5.41) is 6.57. The fourth-order valence-electron chi connectivity index (χ4n) is 2.75. The lowest BCUT2D eigenvalue weighted by Crippen LogP contribution is -2.40. The van der Waals surface area contributed by atoms with Crippen LogP contribution in [0.2, 0.25) is 0 Å². The molecule has 1 aromatic rings. The molecule has 22 heavy (non-hydrogen) atoms. The lowest BCUT2D eigenvalue weighted by Gasteiger charge is -2.28. The highest BCUT2D eigenvalue weighted by Gasteiger charge is 2.14. The van der Waals surface area contributed by atoms with Crippen LogP contribution < -0.4 is 10.6 Å². The molecule has 1 aliphatic rings. The van der Waals surface area contributed by atoms with Gasteiger partial charge >= 0.3 is 0 Å². The summed E-state index contributed by atoms with van der Waals surface area (Å²) in [6.45, 7) is 5.77. The Bertz CT molecular complexity index is 475. The third-order valence-corrected chi connectivity index (χ3v) is 3.98. The zero-order valence-electron chi connectivity index (χ0n) is 13.8. The van der Waals surface area contributed by atoms with Crippen molar-refractivity contribution in [2.45, 2.75) is 19.4 Å². The van der Waals surface area contributed by atoms with E-state index in [2.05, 4.69) is 44.8 Å². The topological polar surface area (TPSA) is 48.9 Å². The molecule has 0 bridgehead atoms. The molecule has 122 valence electrons. The summed E-state index contributed by atoms with van der Waals surface area (Å²) < 4.78 is 5.02. The summed E-state index contributed by atoms with van der Waals surface area (Å²) in [5.74, 6) is 0.848. The van der Waals surface area contributed by atoms with Gasteiger partial charge < -0.3 is 15.4 Å². The summed E-state index contributed by atoms with van der Waals surface area (Å²) >= 11 is 0. The Morgan fingerprint density at radius 3 is 2.77 bits per heavy atom. The Morgan fingerprint density at radius 2 is 2.00 bits per heavy atom. The number of nitrogens with one attached hydrogen (secondary N) is 2. The molecular formula is C17H28N4O. The van der Waals surface area contributed by atoms with E-state index in [1.54, 1.807) is 14.2 Å². The highest BCUT2D eigenvalue weighted by molar-refractivity contribution is 5.79. The van der Waals surface area contributed by atoms with Crippen molar-refractivity contribution < 1.29 is 4.74 Å². The number of benzene rings is 1. The highest BCUT2D eigenvalue weighted by atomic mass is 16.5. The van der Waals surface area contributed by atoms with Crippen molar-refractivity contribution in [3.63, 3.8) is 0 Å². The first-order chi connectivity index (χ1) is 10.8. The lowest BCUT2D eigenvalue weighted by molar-refractivity contribution is 0.203. The Kier molecular flexibility index (Phi) is 7.19. The van der Waals surface area contributed by atoms with E-state index in [4.69, 9.17) is 4.74 Å². The number of hydrogen-bond donors (Lipinski definition) is 2. The van der Waals surface area contributed by atoms with Crippen LogP contribution in [0.15, 0.2) is 29.3 Å². The third kappa shape index (κ3) is 5.31. The number of guanidine groups is 1. The van der Waals surface area contributed by atoms with Gasteiger partial charge in [0.1, 0.15) is 0 Å². The van der Waals surface area contributed by atoms with Gasteiger partial charge in [-0.25, -0.2) is 0 Å². The minimum absolute atomic E-state index is 0.688. The van der Waals surface area contributed by atoms with Crippen LogP contribution in [0.3, 0.4) is 0 Å². The van der Waals surface area contributed by atoms with Gasteiger partial charge in [-0.2, -0.15) is 0 Å². The fourth-order valence-corrected chi connectivity index (χ4v) is 2.75. The smallest absolute Gasteiger partial charge is 0.191 e. The van der Waals surface area contributed by atoms with E-state index >= 15 is 0 Å². The first kappa shape index (κ1) is 16.8. The minimum Gasteiger partial charge on any atom is -0.383 e. The molecule has 0 aliphatic carbocycles. The van der Waals surface area contributed by atoms with Crippen molar-refractivity contribution in [1.82, 2.24) is 15.5 Å². The van der Waals surface area contributed by atoms with Gasteiger partial charge in [0.25, 0.3) is 0 Å². The van der Waals surface area contributed by atoms with Gasteiger partial charge in [-0.3, -0.25) is 9.89 Å². The SMILES string of the molecule is CN=C(NCCCN1CCc2ccccc2C1)NCCOC. The van der Waals surface area contributed by atoms with Crippen molar-refractivity contribution in [3.8, 4) is 0 Å². The van der Waals surface area contributed by atoms with E-state index in [1.807, 2.05) is 0 Å². The number of ether oxygens (including phenoxy) is 1. The van der Waals surface area contributed by atoms with Crippen LogP contribution in [0, 0.1) is 0 Å². The minimum atomic E-state index is 0.688. The average Bonchev–Trinajstić information content (AvgIpc) is 2.57. The quantitative estimate of drug-likeness (QED) is 0.452. The van der Waals surface area contributed by atoms with E-state index < -0.39 is 0 Å². The first-order valence-corrected chi connectivity index (χ1v) is 8.06. The number of rotatable bonds is 7. The van der Waals surface area contributed by atoms with Gasteiger partial charge in [-0.1, -0.05) is 24.3 Å². The van der Waals surface area contributed by atoms with E-state index in [9.17, 15) is 0 Å². The molecule has 2 rings (SSSR count). The van der Waals surface area contributed by atoms with Gasteiger partial charge in [-0.15, -0.1) is 0 Å². The van der Waals surface area contributed by atoms with Crippen LogP contribution in [-0.4, -0.2) is 57.8 Å². The molecule has 2 N–H and O–H groups in total. The van der Waals surface area contributed by atoms with E-state index in [0.29, 0.717) is 6.61 Å². The molecule has 0 radical (unpaired) electrons. The molecule has 0 aromatic heterocycles. The monoisotopic (exact) mass is 304 g/mol. The Morgan fingerprint density at radius 1 is 1.23 bits per heavy atom. The maximum atomic E-state index is 5.02.